The van der Waals surface area contributed by atoms with Crippen LogP contribution in [-0.2, 0) is 0 Å². The Labute approximate surface area is 123 Å². The predicted octanol–water partition coefficient (Wildman–Crippen LogP) is 2.91. The molecule has 2 rings (SSSR count). The molecule has 4 N–H and O–H groups in total. The van der Waals surface area contributed by atoms with Gasteiger partial charge in [-0.2, -0.15) is 5.11 Å². The summed E-state index contributed by atoms with van der Waals surface area (Å²) in [5.41, 5.74) is -1.29. The Morgan fingerprint density at radius 1 is 0.773 bits per heavy atom. The van der Waals surface area contributed by atoms with Crippen LogP contribution in [0.25, 0.3) is 0 Å². The van der Waals surface area contributed by atoms with Crippen molar-refractivity contribution in [3.8, 4) is 11.5 Å². The van der Waals surface area contributed by atoms with E-state index in [0.29, 0.717) is 5.69 Å². The van der Waals surface area contributed by atoms with E-state index >= 15 is 0 Å². The number of azo groups is 1. The Kier molecular flexibility index (Phi) is 4.03. The molecule has 0 bridgehead atoms. The molecule has 0 aliphatic heterocycles. The maximum atomic E-state index is 11.2. The summed E-state index contributed by atoms with van der Waals surface area (Å²) < 4.78 is 0. The van der Waals surface area contributed by atoms with Gasteiger partial charge in [0.1, 0.15) is 28.3 Å². The Bertz CT molecular complexity index is 768. The fraction of sp³-hybridized carbons (Fsp3) is 0. The molecule has 8 heteroatoms. The van der Waals surface area contributed by atoms with E-state index in [9.17, 15) is 14.7 Å². The zero-order valence-corrected chi connectivity index (χ0v) is 11.0. The molecule has 0 aliphatic rings. The summed E-state index contributed by atoms with van der Waals surface area (Å²) in [4.78, 5) is 22.3. The van der Waals surface area contributed by atoms with Crippen LogP contribution in [0.1, 0.15) is 20.7 Å². The van der Waals surface area contributed by atoms with Gasteiger partial charge in [0.15, 0.2) is 0 Å². The number of carbonyl (C=O) groups is 2. The van der Waals surface area contributed by atoms with Crippen molar-refractivity contribution in [2.75, 3.05) is 0 Å². The number of hydrogen-bond donors (Lipinski definition) is 4. The normalized spacial score (nSPS) is 10.7. The van der Waals surface area contributed by atoms with Gasteiger partial charge in [0.25, 0.3) is 0 Å². The number of phenolic OH excluding ortho intramolecular Hbond substituents is 1. The molecule has 0 unspecified atom stereocenters. The molecule has 2 aromatic rings. The average Bonchev–Trinajstić information content (AvgIpc) is 2.46. The fourth-order valence-electron chi connectivity index (χ4n) is 1.73. The topological polar surface area (TPSA) is 140 Å². The average molecular weight is 302 g/mol. The summed E-state index contributed by atoms with van der Waals surface area (Å²) in [6.07, 6.45) is 0. The van der Waals surface area contributed by atoms with Gasteiger partial charge in [0.2, 0.25) is 0 Å². The van der Waals surface area contributed by atoms with Crippen LogP contribution in [0.4, 0.5) is 11.4 Å². The minimum Gasteiger partial charge on any atom is -0.508 e. The van der Waals surface area contributed by atoms with Crippen LogP contribution in [-0.4, -0.2) is 32.4 Å². The molecule has 0 amide bonds. The van der Waals surface area contributed by atoms with Crippen molar-refractivity contribution in [1.29, 1.82) is 0 Å². The van der Waals surface area contributed by atoms with E-state index < -0.39 is 28.8 Å². The van der Waals surface area contributed by atoms with E-state index in [1.54, 1.807) is 0 Å². The van der Waals surface area contributed by atoms with Crippen LogP contribution in [0.5, 0.6) is 11.5 Å². The summed E-state index contributed by atoms with van der Waals surface area (Å²) in [5, 5.41) is 44.3. The molecule has 0 saturated carbocycles. The fourth-order valence-corrected chi connectivity index (χ4v) is 1.73. The largest absolute Gasteiger partial charge is 0.508 e. The van der Waals surface area contributed by atoms with Crippen LogP contribution in [0.3, 0.4) is 0 Å². The molecule has 0 radical (unpaired) electrons. The Morgan fingerprint density at radius 3 is 1.91 bits per heavy atom. The van der Waals surface area contributed by atoms with E-state index in [-0.39, 0.29) is 11.4 Å². The molecule has 2 aromatic carbocycles. The third kappa shape index (κ3) is 3.01. The van der Waals surface area contributed by atoms with E-state index in [2.05, 4.69) is 10.2 Å². The van der Waals surface area contributed by atoms with Gasteiger partial charge in [-0.05, 0) is 36.4 Å². The first kappa shape index (κ1) is 15.0. The standard InChI is InChI=1S/C14H10N2O6/c17-8-3-1-7(2-4-8)15-16-9-5-6-10(18)12(14(21)22)11(9)13(19)20/h1-6,17-18H,(H,19,20)(H,21,22). The van der Waals surface area contributed by atoms with Gasteiger partial charge in [-0.25, -0.2) is 9.59 Å². The molecule has 112 valence electrons. The molecule has 0 heterocycles. The van der Waals surface area contributed by atoms with E-state index in [1.807, 2.05) is 0 Å². The summed E-state index contributed by atoms with van der Waals surface area (Å²) in [6, 6.07) is 7.80. The van der Waals surface area contributed by atoms with Gasteiger partial charge in [0, 0.05) is 0 Å². The number of aromatic carboxylic acids is 2. The first-order valence-electron chi connectivity index (χ1n) is 5.93. The second-order valence-electron chi connectivity index (χ2n) is 4.18. The second kappa shape index (κ2) is 5.92. The third-order valence-corrected chi connectivity index (χ3v) is 2.71. The van der Waals surface area contributed by atoms with Crippen molar-refractivity contribution in [3.63, 3.8) is 0 Å². The number of phenols is 2. The summed E-state index contributed by atoms with van der Waals surface area (Å²) in [7, 11) is 0. The van der Waals surface area contributed by atoms with Crippen molar-refractivity contribution >= 4 is 23.3 Å². The van der Waals surface area contributed by atoms with Crippen LogP contribution >= 0.6 is 0 Å². The Morgan fingerprint density at radius 2 is 1.36 bits per heavy atom. The molecule has 0 spiro atoms. The van der Waals surface area contributed by atoms with Crippen LogP contribution in [0.2, 0.25) is 0 Å². The third-order valence-electron chi connectivity index (χ3n) is 2.71. The highest BCUT2D eigenvalue weighted by atomic mass is 16.4. The highest BCUT2D eigenvalue weighted by Gasteiger charge is 2.24. The van der Waals surface area contributed by atoms with Gasteiger partial charge in [-0.15, -0.1) is 5.11 Å². The quantitative estimate of drug-likeness (QED) is 0.640. The summed E-state index contributed by atoms with van der Waals surface area (Å²) in [5.74, 6) is -3.78. The zero-order chi connectivity index (χ0) is 16.3. The molecular weight excluding hydrogens is 292 g/mol. The Hall–Kier alpha value is -3.42. The van der Waals surface area contributed by atoms with Gasteiger partial charge in [-0.1, -0.05) is 0 Å². The monoisotopic (exact) mass is 302 g/mol. The van der Waals surface area contributed by atoms with Gasteiger partial charge >= 0.3 is 11.9 Å². The second-order valence-corrected chi connectivity index (χ2v) is 4.18. The summed E-state index contributed by atoms with van der Waals surface area (Å²) >= 11 is 0. The maximum absolute atomic E-state index is 11.2. The molecule has 8 nitrogen and oxygen atoms in total. The first-order valence-corrected chi connectivity index (χ1v) is 5.93. The molecule has 0 saturated heterocycles. The highest BCUT2D eigenvalue weighted by Crippen LogP contribution is 2.31. The predicted molar refractivity (Wildman–Crippen MR) is 74.3 cm³/mol. The van der Waals surface area contributed by atoms with Crippen LogP contribution in [0.15, 0.2) is 46.6 Å². The van der Waals surface area contributed by atoms with Gasteiger partial charge < -0.3 is 20.4 Å². The highest BCUT2D eigenvalue weighted by molar-refractivity contribution is 6.07. The van der Waals surface area contributed by atoms with Crippen LogP contribution in [0, 0.1) is 0 Å². The smallest absolute Gasteiger partial charge is 0.340 e. The van der Waals surface area contributed by atoms with Crippen molar-refractivity contribution in [2.45, 2.75) is 0 Å². The minimum absolute atomic E-state index is 0.0305. The number of benzene rings is 2. The number of carboxylic acids is 2. The number of aromatic hydroxyl groups is 2. The van der Waals surface area contributed by atoms with Gasteiger partial charge in [-0.3, -0.25) is 0 Å². The lowest BCUT2D eigenvalue weighted by atomic mass is 10.0. The maximum Gasteiger partial charge on any atom is 0.340 e. The lowest BCUT2D eigenvalue weighted by molar-refractivity contribution is 0.0649. The number of carboxylic acid groups (broad SMARTS) is 2. The lowest BCUT2D eigenvalue weighted by Crippen LogP contribution is -2.08. The molecule has 0 aromatic heterocycles. The van der Waals surface area contributed by atoms with Crippen molar-refractivity contribution in [3.05, 3.63) is 47.5 Å². The summed E-state index contributed by atoms with van der Waals surface area (Å²) in [6.45, 7) is 0. The molecule has 0 fully saturated rings. The number of rotatable bonds is 4. The number of hydrogen-bond acceptors (Lipinski definition) is 6. The van der Waals surface area contributed by atoms with Crippen molar-refractivity contribution < 1.29 is 30.0 Å². The van der Waals surface area contributed by atoms with Crippen molar-refractivity contribution in [1.82, 2.24) is 0 Å². The zero-order valence-electron chi connectivity index (χ0n) is 11.0. The van der Waals surface area contributed by atoms with Crippen molar-refractivity contribution in [2.24, 2.45) is 10.2 Å². The number of nitrogens with zero attached hydrogens (tertiary/aromatic N) is 2. The molecule has 0 aliphatic carbocycles. The SMILES string of the molecule is O=C(O)c1c(O)ccc(N=Nc2ccc(O)cc2)c1C(=O)O. The van der Waals surface area contributed by atoms with Gasteiger partial charge in [0.05, 0.1) is 5.69 Å². The Balaban J connectivity index is 2.51. The lowest BCUT2D eigenvalue weighted by Gasteiger charge is -2.06. The van der Waals surface area contributed by atoms with E-state index in [4.69, 9.17) is 15.3 Å². The van der Waals surface area contributed by atoms with E-state index in [0.717, 1.165) is 12.1 Å². The molecule has 0 atom stereocenters. The molecule has 22 heavy (non-hydrogen) atoms. The first-order chi connectivity index (χ1) is 10.4. The molecular formula is C14H10N2O6. The van der Waals surface area contributed by atoms with Crippen LogP contribution < -0.4 is 0 Å². The minimum atomic E-state index is -1.59. The van der Waals surface area contributed by atoms with E-state index in [1.165, 1.54) is 24.3 Å².